The lowest BCUT2D eigenvalue weighted by atomic mass is 9.86. The molecule has 2 aromatic heterocycles. The van der Waals surface area contributed by atoms with E-state index >= 15 is 0 Å². The maximum Gasteiger partial charge on any atom is 0.343 e. The maximum absolute atomic E-state index is 14.5. The van der Waals surface area contributed by atoms with Crippen molar-refractivity contribution >= 4 is 34.4 Å². The van der Waals surface area contributed by atoms with Crippen LogP contribution in [0.2, 0.25) is 5.02 Å². The number of nitrogens with one attached hydrogen (secondary N) is 1. The molecule has 3 atom stereocenters. The molecule has 1 aromatic carbocycles. The van der Waals surface area contributed by atoms with Crippen LogP contribution < -0.4 is 10.9 Å². The molecule has 38 heavy (non-hydrogen) atoms. The second-order valence-electron chi connectivity index (χ2n) is 10.3. The third kappa shape index (κ3) is 3.58. The zero-order chi connectivity index (χ0) is 27.1. The van der Waals surface area contributed by atoms with E-state index in [1.807, 2.05) is 0 Å². The zero-order valence-corrected chi connectivity index (χ0v) is 21.4. The van der Waals surface area contributed by atoms with Crippen LogP contribution in [0.25, 0.3) is 22.3 Å². The summed E-state index contributed by atoms with van der Waals surface area (Å²) in [4.78, 5) is 43.4. The fourth-order valence-corrected chi connectivity index (χ4v) is 5.76. The first kappa shape index (κ1) is 25.0. The molecule has 3 aromatic rings. The maximum atomic E-state index is 14.5. The van der Waals surface area contributed by atoms with Crippen molar-refractivity contribution in [1.29, 1.82) is 0 Å². The lowest BCUT2D eigenvalue weighted by Crippen LogP contribution is -2.44. The highest BCUT2D eigenvalue weighted by molar-refractivity contribution is 6.31. The molecule has 0 unspecified atom stereocenters. The Labute approximate surface area is 221 Å². The minimum absolute atomic E-state index is 0.00107. The third-order valence-electron chi connectivity index (χ3n) is 7.90. The van der Waals surface area contributed by atoms with Gasteiger partial charge in [-0.3, -0.25) is 9.59 Å². The van der Waals surface area contributed by atoms with Gasteiger partial charge in [0.05, 0.1) is 40.1 Å². The molecule has 1 fully saturated rings. The number of aliphatic hydroxyl groups excluding tert-OH is 1. The van der Waals surface area contributed by atoms with Crippen molar-refractivity contribution in [2.75, 3.05) is 0 Å². The summed E-state index contributed by atoms with van der Waals surface area (Å²) in [6, 6.07) is 3.55. The highest BCUT2D eigenvalue weighted by atomic mass is 35.5. The van der Waals surface area contributed by atoms with Crippen molar-refractivity contribution in [1.82, 2.24) is 14.9 Å². The molecular weight excluding hydrogens is 517 g/mol. The summed E-state index contributed by atoms with van der Waals surface area (Å²) in [5.74, 6) is -2.09. The zero-order valence-electron chi connectivity index (χ0n) is 20.7. The Morgan fingerprint density at radius 2 is 2.05 bits per heavy atom. The number of fused-ring (bicyclic) bond motifs is 5. The number of aromatic nitrogens is 2. The minimum atomic E-state index is -1.98. The number of hydrogen-bond donors (Lipinski definition) is 3. The quantitative estimate of drug-likeness (QED) is 0.331. The molecule has 1 saturated carbocycles. The van der Waals surface area contributed by atoms with Gasteiger partial charge in [-0.15, -0.1) is 0 Å². The summed E-state index contributed by atoms with van der Waals surface area (Å²) in [5, 5.41) is 24.7. The molecule has 2 aliphatic heterocycles. The first-order chi connectivity index (χ1) is 18.0. The molecule has 9 nitrogen and oxygen atoms in total. The highest BCUT2D eigenvalue weighted by Gasteiger charge is 2.45. The SMILES string of the molecule is CC[C@@]1(O)C(=O)OCc2c1cc1n(c2=O)Cc2c-1nc1cc(F)c(Cl)cc1c2[C@H](C)NC(=O)[C@H](O)C1CC1. The summed E-state index contributed by atoms with van der Waals surface area (Å²) in [5.41, 5.74) is 0.117. The van der Waals surface area contributed by atoms with E-state index in [1.54, 1.807) is 19.9 Å². The monoisotopic (exact) mass is 541 g/mol. The van der Waals surface area contributed by atoms with Gasteiger partial charge in [-0.25, -0.2) is 14.2 Å². The van der Waals surface area contributed by atoms with Gasteiger partial charge in [0.2, 0.25) is 5.91 Å². The Morgan fingerprint density at radius 1 is 1.32 bits per heavy atom. The van der Waals surface area contributed by atoms with Crippen molar-refractivity contribution in [3.63, 3.8) is 0 Å². The summed E-state index contributed by atoms with van der Waals surface area (Å²) >= 11 is 6.12. The van der Waals surface area contributed by atoms with Crippen LogP contribution in [0.5, 0.6) is 0 Å². The Hall–Kier alpha value is -3.34. The first-order valence-corrected chi connectivity index (χ1v) is 12.9. The standard InChI is InChI=1S/C27H25ClFN3O6/c1-3-27(37)16-7-20-22-14(9-32(20)25(35)15(16)10-38-26(27)36)21(11(2)30-24(34)23(33)12-4-5-12)13-6-17(28)18(29)8-19(13)31-22/h6-8,11-12,23,33,37H,3-5,9-10H2,1-2H3,(H,30,34)/t11-,23+,27-/m0/s1. The van der Waals surface area contributed by atoms with Crippen molar-refractivity contribution < 1.29 is 28.9 Å². The third-order valence-corrected chi connectivity index (χ3v) is 8.19. The number of hydrogen-bond acceptors (Lipinski definition) is 7. The number of amides is 1. The van der Waals surface area contributed by atoms with Gasteiger partial charge in [0.25, 0.3) is 5.56 Å². The number of cyclic esters (lactones) is 1. The van der Waals surface area contributed by atoms with E-state index in [2.05, 4.69) is 10.3 Å². The fourth-order valence-electron chi connectivity index (χ4n) is 5.60. The summed E-state index contributed by atoms with van der Waals surface area (Å²) in [6.45, 7) is 3.18. The van der Waals surface area contributed by atoms with Crippen LogP contribution in [0.15, 0.2) is 23.0 Å². The largest absolute Gasteiger partial charge is 0.458 e. The van der Waals surface area contributed by atoms with Crippen LogP contribution in [-0.4, -0.2) is 37.7 Å². The van der Waals surface area contributed by atoms with Gasteiger partial charge in [-0.2, -0.15) is 0 Å². The number of halogens is 2. The Kier molecular flexibility index (Phi) is 5.64. The lowest BCUT2D eigenvalue weighted by molar-refractivity contribution is -0.172. The number of nitrogens with zero attached hydrogens (tertiary/aromatic N) is 2. The summed E-state index contributed by atoms with van der Waals surface area (Å²) in [6.07, 6.45) is 0.437. The molecule has 6 rings (SSSR count). The Balaban J connectivity index is 1.56. The average molecular weight is 542 g/mol. The summed E-state index contributed by atoms with van der Waals surface area (Å²) in [7, 11) is 0. The lowest BCUT2D eigenvalue weighted by Gasteiger charge is -2.31. The second-order valence-corrected chi connectivity index (χ2v) is 10.7. The molecule has 3 N–H and O–H groups in total. The van der Waals surface area contributed by atoms with E-state index in [0.29, 0.717) is 27.9 Å². The molecule has 1 amide bonds. The van der Waals surface area contributed by atoms with Crippen LogP contribution in [0.1, 0.15) is 61.4 Å². The Bertz CT molecular complexity index is 1620. The van der Waals surface area contributed by atoms with Gasteiger partial charge in [-0.05, 0) is 49.8 Å². The number of esters is 1. The second kappa shape index (κ2) is 8.59. The highest BCUT2D eigenvalue weighted by Crippen LogP contribution is 2.42. The average Bonchev–Trinajstić information content (AvgIpc) is 3.67. The van der Waals surface area contributed by atoms with Gasteiger partial charge in [0.15, 0.2) is 5.60 Å². The van der Waals surface area contributed by atoms with Crippen molar-refractivity contribution in [3.8, 4) is 11.4 Å². The number of ether oxygens (including phenoxy) is 1. The predicted octanol–water partition coefficient (Wildman–Crippen LogP) is 2.82. The molecule has 0 radical (unpaired) electrons. The smallest absolute Gasteiger partial charge is 0.343 e. The van der Waals surface area contributed by atoms with Gasteiger partial charge in [0, 0.05) is 22.6 Å². The molecule has 11 heteroatoms. The van der Waals surface area contributed by atoms with E-state index in [0.717, 1.165) is 12.8 Å². The number of carbonyl (C=O) groups excluding carboxylic acids is 2. The Morgan fingerprint density at radius 3 is 2.74 bits per heavy atom. The van der Waals surface area contributed by atoms with E-state index in [-0.39, 0.29) is 47.2 Å². The van der Waals surface area contributed by atoms with Crippen LogP contribution in [0.4, 0.5) is 4.39 Å². The van der Waals surface area contributed by atoms with E-state index in [9.17, 15) is 29.0 Å². The molecule has 4 heterocycles. The van der Waals surface area contributed by atoms with Gasteiger partial charge < -0.3 is 24.8 Å². The molecule has 1 aliphatic carbocycles. The topological polar surface area (TPSA) is 131 Å². The number of aliphatic hydroxyl groups is 2. The van der Waals surface area contributed by atoms with Crippen LogP contribution in [0.3, 0.4) is 0 Å². The van der Waals surface area contributed by atoms with E-state index in [4.69, 9.17) is 16.3 Å². The fraction of sp³-hybridized carbons (Fsp3) is 0.407. The molecule has 0 spiro atoms. The predicted molar refractivity (Wildman–Crippen MR) is 135 cm³/mol. The van der Waals surface area contributed by atoms with Crippen molar-refractivity contribution in [2.24, 2.45) is 5.92 Å². The number of rotatable bonds is 5. The van der Waals surface area contributed by atoms with Crippen LogP contribution in [-0.2, 0) is 33.1 Å². The molecular formula is C27H25ClFN3O6. The van der Waals surface area contributed by atoms with Gasteiger partial charge in [0.1, 0.15) is 18.5 Å². The number of benzene rings is 1. The van der Waals surface area contributed by atoms with E-state index < -0.39 is 41.0 Å². The van der Waals surface area contributed by atoms with Gasteiger partial charge >= 0.3 is 5.97 Å². The number of pyridine rings is 2. The van der Waals surface area contributed by atoms with Crippen molar-refractivity contribution in [3.05, 3.63) is 61.6 Å². The normalized spacial score (nSPS) is 21.4. The molecule has 0 saturated heterocycles. The van der Waals surface area contributed by atoms with Crippen LogP contribution in [0, 0.1) is 11.7 Å². The van der Waals surface area contributed by atoms with Crippen molar-refractivity contribution in [2.45, 2.75) is 64.0 Å². The molecule has 0 bridgehead atoms. The molecule has 3 aliphatic rings. The summed E-state index contributed by atoms with van der Waals surface area (Å²) < 4.78 is 21.1. The number of carbonyl (C=O) groups is 2. The van der Waals surface area contributed by atoms with Crippen LogP contribution >= 0.6 is 11.6 Å². The molecule has 198 valence electrons. The van der Waals surface area contributed by atoms with E-state index in [1.165, 1.54) is 16.7 Å². The first-order valence-electron chi connectivity index (χ1n) is 12.5. The minimum Gasteiger partial charge on any atom is -0.458 e. The van der Waals surface area contributed by atoms with Gasteiger partial charge in [-0.1, -0.05) is 18.5 Å².